The number of hydrogen-bond donors (Lipinski definition) is 2. The molecule has 0 bridgehead atoms. The van der Waals surface area contributed by atoms with E-state index in [4.69, 9.17) is 9.47 Å². The molecule has 2 aromatic rings. The first-order chi connectivity index (χ1) is 11.7. The molecule has 0 radical (unpaired) electrons. The molecule has 0 aliphatic carbocycles. The summed E-state index contributed by atoms with van der Waals surface area (Å²) in [6, 6.07) is 14.9. The Kier molecular flexibility index (Phi) is 5.26. The standard InChI is InChI=1S/C20H26N2O2/c1-14(21-13-17-6-4-5-7-19(17)23-3)10-16-8-9-20-18(11-16)22-12-15(2)24-20/h4-9,11,14-15,21-22H,10,12-13H2,1-3H3. The molecule has 2 unspecified atom stereocenters. The summed E-state index contributed by atoms with van der Waals surface area (Å²) in [5.74, 6) is 1.88. The first-order valence-corrected chi connectivity index (χ1v) is 8.54. The van der Waals surface area contributed by atoms with E-state index in [-0.39, 0.29) is 6.10 Å². The van der Waals surface area contributed by atoms with Crippen molar-refractivity contribution in [1.82, 2.24) is 5.32 Å². The third-order valence-electron chi connectivity index (χ3n) is 4.33. The number of hydrogen-bond acceptors (Lipinski definition) is 4. The van der Waals surface area contributed by atoms with E-state index in [9.17, 15) is 0 Å². The highest BCUT2D eigenvalue weighted by Crippen LogP contribution is 2.30. The van der Waals surface area contributed by atoms with Gasteiger partial charge in [-0.2, -0.15) is 0 Å². The maximum Gasteiger partial charge on any atom is 0.142 e. The fourth-order valence-electron chi connectivity index (χ4n) is 3.02. The summed E-state index contributed by atoms with van der Waals surface area (Å²) >= 11 is 0. The second-order valence-corrected chi connectivity index (χ2v) is 6.44. The van der Waals surface area contributed by atoms with Crippen LogP contribution in [-0.4, -0.2) is 25.8 Å². The molecule has 0 spiro atoms. The molecule has 3 rings (SSSR count). The zero-order chi connectivity index (χ0) is 16.9. The van der Waals surface area contributed by atoms with Crippen molar-refractivity contribution in [2.75, 3.05) is 19.0 Å². The number of fused-ring (bicyclic) bond motifs is 1. The van der Waals surface area contributed by atoms with Crippen LogP contribution in [-0.2, 0) is 13.0 Å². The van der Waals surface area contributed by atoms with Gasteiger partial charge in [-0.05, 0) is 44.0 Å². The third kappa shape index (κ3) is 4.01. The Balaban J connectivity index is 1.58. The number of benzene rings is 2. The van der Waals surface area contributed by atoms with Gasteiger partial charge in [-0.25, -0.2) is 0 Å². The second kappa shape index (κ2) is 7.58. The van der Waals surface area contributed by atoms with Gasteiger partial charge in [0.1, 0.15) is 17.6 Å². The Hall–Kier alpha value is -2.20. The van der Waals surface area contributed by atoms with Crippen LogP contribution in [0.2, 0.25) is 0 Å². The molecule has 0 saturated heterocycles. The van der Waals surface area contributed by atoms with Gasteiger partial charge in [0.05, 0.1) is 19.3 Å². The minimum absolute atomic E-state index is 0.227. The summed E-state index contributed by atoms with van der Waals surface area (Å²) in [5, 5.41) is 7.01. The van der Waals surface area contributed by atoms with Crippen molar-refractivity contribution in [1.29, 1.82) is 0 Å². The molecule has 2 atom stereocenters. The van der Waals surface area contributed by atoms with Crippen molar-refractivity contribution in [2.45, 2.75) is 39.0 Å². The summed E-state index contributed by atoms with van der Waals surface area (Å²) in [6.07, 6.45) is 1.20. The fourth-order valence-corrected chi connectivity index (χ4v) is 3.02. The largest absolute Gasteiger partial charge is 0.496 e. The maximum atomic E-state index is 5.83. The fraction of sp³-hybridized carbons (Fsp3) is 0.400. The highest BCUT2D eigenvalue weighted by molar-refractivity contribution is 5.59. The number of methoxy groups -OCH3 is 1. The zero-order valence-corrected chi connectivity index (χ0v) is 14.6. The second-order valence-electron chi connectivity index (χ2n) is 6.44. The lowest BCUT2D eigenvalue weighted by atomic mass is 10.0. The molecule has 1 aliphatic heterocycles. The summed E-state index contributed by atoms with van der Waals surface area (Å²) < 4.78 is 11.2. The molecular formula is C20H26N2O2. The third-order valence-corrected chi connectivity index (χ3v) is 4.33. The summed E-state index contributed by atoms with van der Waals surface area (Å²) in [7, 11) is 1.71. The molecule has 1 heterocycles. The van der Waals surface area contributed by atoms with Gasteiger partial charge in [0.2, 0.25) is 0 Å². The van der Waals surface area contributed by atoms with Crippen molar-refractivity contribution >= 4 is 5.69 Å². The van der Waals surface area contributed by atoms with Crippen LogP contribution >= 0.6 is 0 Å². The first kappa shape index (κ1) is 16.7. The molecular weight excluding hydrogens is 300 g/mol. The SMILES string of the molecule is COc1ccccc1CNC(C)Cc1ccc2c(c1)NCC(C)O2. The molecule has 2 N–H and O–H groups in total. The van der Waals surface area contributed by atoms with Gasteiger partial charge in [0.15, 0.2) is 0 Å². The van der Waals surface area contributed by atoms with E-state index >= 15 is 0 Å². The van der Waals surface area contributed by atoms with Crippen molar-refractivity contribution in [3.05, 3.63) is 53.6 Å². The van der Waals surface area contributed by atoms with Crippen LogP contribution in [0.25, 0.3) is 0 Å². The maximum absolute atomic E-state index is 5.83. The molecule has 0 aromatic heterocycles. The molecule has 0 saturated carbocycles. The molecule has 128 valence electrons. The van der Waals surface area contributed by atoms with Crippen LogP contribution < -0.4 is 20.1 Å². The lowest BCUT2D eigenvalue weighted by Crippen LogP contribution is -2.29. The topological polar surface area (TPSA) is 42.5 Å². The molecule has 1 aliphatic rings. The van der Waals surface area contributed by atoms with Crippen LogP contribution in [0.3, 0.4) is 0 Å². The molecule has 4 heteroatoms. The first-order valence-electron chi connectivity index (χ1n) is 8.54. The molecule has 24 heavy (non-hydrogen) atoms. The normalized spacial score (nSPS) is 17.4. The smallest absolute Gasteiger partial charge is 0.142 e. The van der Waals surface area contributed by atoms with E-state index in [1.165, 1.54) is 11.1 Å². The summed E-state index contributed by atoms with van der Waals surface area (Å²) in [6.45, 7) is 5.95. The van der Waals surface area contributed by atoms with Crippen LogP contribution in [0.15, 0.2) is 42.5 Å². The minimum Gasteiger partial charge on any atom is -0.496 e. The quantitative estimate of drug-likeness (QED) is 0.851. The summed E-state index contributed by atoms with van der Waals surface area (Å²) in [4.78, 5) is 0. The van der Waals surface area contributed by atoms with Gasteiger partial charge in [0.25, 0.3) is 0 Å². The van der Waals surface area contributed by atoms with Gasteiger partial charge in [-0.1, -0.05) is 24.3 Å². The van der Waals surface area contributed by atoms with E-state index in [1.54, 1.807) is 7.11 Å². The van der Waals surface area contributed by atoms with E-state index in [2.05, 4.69) is 48.7 Å². The van der Waals surface area contributed by atoms with Crippen LogP contribution in [0, 0.1) is 0 Å². The van der Waals surface area contributed by atoms with Crippen molar-refractivity contribution < 1.29 is 9.47 Å². The van der Waals surface area contributed by atoms with Crippen LogP contribution in [0.4, 0.5) is 5.69 Å². The number of nitrogens with one attached hydrogen (secondary N) is 2. The van der Waals surface area contributed by atoms with Crippen molar-refractivity contribution in [2.24, 2.45) is 0 Å². The Morgan fingerprint density at radius 2 is 2.12 bits per heavy atom. The average Bonchev–Trinajstić information content (AvgIpc) is 2.60. The van der Waals surface area contributed by atoms with Gasteiger partial charge < -0.3 is 20.1 Å². The van der Waals surface area contributed by atoms with Gasteiger partial charge >= 0.3 is 0 Å². The Morgan fingerprint density at radius 1 is 1.29 bits per heavy atom. The highest BCUT2D eigenvalue weighted by Gasteiger charge is 2.16. The van der Waals surface area contributed by atoms with E-state index in [0.29, 0.717) is 6.04 Å². The molecule has 4 nitrogen and oxygen atoms in total. The van der Waals surface area contributed by atoms with Crippen molar-refractivity contribution in [3.63, 3.8) is 0 Å². The Bertz CT molecular complexity index is 687. The number of para-hydroxylation sites is 1. The molecule has 0 amide bonds. The zero-order valence-electron chi connectivity index (χ0n) is 14.6. The number of anilines is 1. The minimum atomic E-state index is 0.227. The van der Waals surface area contributed by atoms with Gasteiger partial charge in [-0.3, -0.25) is 0 Å². The molecule has 2 aromatic carbocycles. The van der Waals surface area contributed by atoms with Gasteiger partial charge in [0, 0.05) is 18.2 Å². The average molecular weight is 326 g/mol. The Labute approximate surface area is 144 Å². The van der Waals surface area contributed by atoms with Crippen LogP contribution in [0.5, 0.6) is 11.5 Å². The predicted octanol–water partition coefficient (Wildman–Crippen LogP) is 3.61. The number of rotatable bonds is 6. The monoisotopic (exact) mass is 326 g/mol. The highest BCUT2D eigenvalue weighted by atomic mass is 16.5. The molecule has 0 fully saturated rings. The van der Waals surface area contributed by atoms with Crippen molar-refractivity contribution in [3.8, 4) is 11.5 Å². The van der Waals surface area contributed by atoms with Gasteiger partial charge in [-0.15, -0.1) is 0 Å². The predicted molar refractivity (Wildman–Crippen MR) is 98.0 cm³/mol. The van der Waals surface area contributed by atoms with Crippen LogP contribution in [0.1, 0.15) is 25.0 Å². The van der Waals surface area contributed by atoms with E-state index in [0.717, 1.165) is 36.7 Å². The Morgan fingerprint density at radius 3 is 2.96 bits per heavy atom. The van der Waals surface area contributed by atoms with E-state index < -0.39 is 0 Å². The lowest BCUT2D eigenvalue weighted by molar-refractivity contribution is 0.226. The number of ether oxygens (including phenoxy) is 2. The van der Waals surface area contributed by atoms with E-state index in [1.807, 2.05) is 18.2 Å². The lowest BCUT2D eigenvalue weighted by Gasteiger charge is -2.25. The summed E-state index contributed by atoms with van der Waals surface area (Å²) in [5.41, 5.74) is 3.59.